The SMILES string of the molecule is CCOc1ccc2[nH]c(=O)c(CN(Cc3ccc(F)cc3)[C@@H](CC)c3nnnn3CCc3ccccc3)cc2c1. The van der Waals surface area contributed by atoms with Gasteiger partial charge >= 0.3 is 0 Å². The Balaban J connectivity index is 1.48. The van der Waals surface area contributed by atoms with Crippen LogP contribution < -0.4 is 10.3 Å². The highest BCUT2D eigenvalue weighted by Gasteiger charge is 2.26. The Labute approximate surface area is 232 Å². The summed E-state index contributed by atoms with van der Waals surface area (Å²) in [7, 11) is 0. The number of fused-ring (bicyclic) bond motifs is 1. The predicted octanol–water partition coefficient (Wildman–Crippen LogP) is 5.45. The molecule has 0 unspecified atom stereocenters. The van der Waals surface area contributed by atoms with Gasteiger partial charge in [-0.05, 0) is 77.7 Å². The summed E-state index contributed by atoms with van der Waals surface area (Å²) in [6.07, 6.45) is 1.51. The number of benzene rings is 3. The van der Waals surface area contributed by atoms with Crippen molar-refractivity contribution in [3.8, 4) is 5.75 Å². The topological polar surface area (TPSA) is 88.9 Å². The molecule has 2 aromatic heterocycles. The molecular weight excluding hydrogens is 507 g/mol. The maximum atomic E-state index is 13.7. The summed E-state index contributed by atoms with van der Waals surface area (Å²) in [5, 5.41) is 13.6. The van der Waals surface area contributed by atoms with Crippen LogP contribution in [-0.2, 0) is 26.1 Å². The summed E-state index contributed by atoms with van der Waals surface area (Å²) in [6.45, 7) is 6.05. The van der Waals surface area contributed by atoms with Gasteiger partial charge in [0.2, 0.25) is 0 Å². The fourth-order valence-corrected chi connectivity index (χ4v) is 5.02. The third kappa shape index (κ3) is 6.43. The first-order valence-corrected chi connectivity index (χ1v) is 13.6. The Hall–Kier alpha value is -4.37. The Morgan fingerprint density at radius 1 is 0.975 bits per heavy atom. The van der Waals surface area contributed by atoms with Crippen LogP contribution in [0, 0.1) is 5.82 Å². The fraction of sp³-hybridized carbons (Fsp3) is 0.290. The van der Waals surface area contributed by atoms with Gasteiger partial charge in [-0.3, -0.25) is 9.69 Å². The number of tetrazole rings is 1. The summed E-state index contributed by atoms with van der Waals surface area (Å²) in [4.78, 5) is 18.4. The smallest absolute Gasteiger partial charge is 0.252 e. The molecule has 0 saturated heterocycles. The summed E-state index contributed by atoms with van der Waals surface area (Å²) in [5.74, 6) is 1.19. The van der Waals surface area contributed by atoms with E-state index in [1.54, 1.807) is 12.1 Å². The highest BCUT2D eigenvalue weighted by Crippen LogP contribution is 2.27. The molecule has 0 aliphatic carbocycles. The number of hydrogen-bond donors (Lipinski definition) is 1. The number of H-pyrrole nitrogens is 1. The van der Waals surface area contributed by atoms with Crippen LogP contribution in [0.1, 0.15) is 48.8 Å². The lowest BCUT2D eigenvalue weighted by Crippen LogP contribution is -2.32. The average Bonchev–Trinajstić information content (AvgIpc) is 3.43. The number of nitrogens with zero attached hydrogens (tertiary/aromatic N) is 5. The number of nitrogens with one attached hydrogen (secondary N) is 1. The molecule has 0 spiro atoms. The zero-order chi connectivity index (χ0) is 27.9. The number of aryl methyl sites for hydroxylation is 2. The van der Waals surface area contributed by atoms with Gasteiger partial charge in [0.1, 0.15) is 11.6 Å². The van der Waals surface area contributed by atoms with Crippen molar-refractivity contribution in [2.45, 2.75) is 52.4 Å². The lowest BCUT2D eigenvalue weighted by Gasteiger charge is -2.30. The summed E-state index contributed by atoms with van der Waals surface area (Å²) in [5.41, 5.74) is 3.34. The second kappa shape index (κ2) is 12.7. The van der Waals surface area contributed by atoms with E-state index in [0.29, 0.717) is 38.2 Å². The molecule has 206 valence electrons. The van der Waals surface area contributed by atoms with E-state index in [1.807, 2.05) is 54.1 Å². The third-order valence-corrected chi connectivity index (χ3v) is 7.02. The number of pyridine rings is 1. The standard InChI is InChI=1S/C31H33FN6O2/c1-3-29(30-34-35-36-38(30)17-16-22-8-6-5-7-9-22)37(20-23-10-12-26(32)13-11-23)21-25-18-24-19-27(40-4-2)14-15-28(24)33-31(25)39/h5-15,18-19,29H,3-4,16-17,20-21H2,1-2H3,(H,33,39)/t29-/m0/s1. The van der Waals surface area contributed by atoms with Gasteiger partial charge in [0, 0.05) is 36.1 Å². The molecule has 5 aromatic rings. The quantitative estimate of drug-likeness (QED) is 0.226. The van der Waals surface area contributed by atoms with Crippen LogP contribution in [0.3, 0.4) is 0 Å². The molecule has 1 atom stereocenters. The predicted molar refractivity (Wildman–Crippen MR) is 152 cm³/mol. The lowest BCUT2D eigenvalue weighted by atomic mass is 10.1. The maximum Gasteiger partial charge on any atom is 0.252 e. The van der Waals surface area contributed by atoms with Gasteiger partial charge in [-0.15, -0.1) is 5.10 Å². The summed E-state index contributed by atoms with van der Waals surface area (Å²) >= 11 is 0. The van der Waals surface area contributed by atoms with Gasteiger partial charge in [0.05, 0.1) is 12.6 Å². The van der Waals surface area contributed by atoms with E-state index in [0.717, 1.165) is 34.5 Å². The van der Waals surface area contributed by atoms with Gasteiger partial charge in [-0.2, -0.15) is 0 Å². The number of ether oxygens (including phenoxy) is 1. The molecule has 0 aliphatic heterocycles. The molecule has 9 heteroatoms. The van der Waals surface area contributed by atoms with Crippen LogP contribution in [0.2, 0.25) is 0 Å². The first-order chi connectivity index (χ1) is 19.5. The zero-order valence-electron chi connectivity index (χ0n) is 22.8. The molecule has 8 nitrogen and oxygen atoms in total. The molecule has 0 fully saturated rings. The average molecular weight is 541 g/mol. The van der Waals surface area contributed by atoms with Crippen LogP contribution in [-0.4, -0.2) is 36.7 Å². The molecule has 0 saturated carbocycles. The number of aromatic nitrogens is 5. The molecule has 5 rings (SSSR count). The number of hydrogen-bond acceptors (Lipinski definition) is 6. The molecule has 3 aromatic carbocycles. The lowest BCUT2D eigenvalue weighted by molar-refractivity contribution is 0.160. The molecule has 40 heavy (non-hydrogen) atoms. The van der Waals surface area contributed by atoms with Crippen molar-refractivity contribution in [3.63, 3.8) is 0 Å². The Morgan fingerprint density at radius 3 is 2.52 bits per heavy atom. The van der Waals surface area contributed by atoms with E-state index >= 15 is 0 Å². The molecule has 0 radical (unpaired) electrons. The minimum atomic E-state index is -0.289. The Kier molecular flexibility index (Phi) is 8.61. The van der Waals surface area contributed by atoms with Gasteiger partial charge in [0.25, 0.3) is 5.56 Å². The molecule has 0 aliphatic rings. The van der Waals surface area contributed by atoms with Crippen LogP contribution in [0.5, 0.6) is 5.75 Å². The second-order valence-corrected chi connectivity index (χ2v) is 9.76. The second-order valence-electron chi connectivity index (χ2n) is 9.76. The van der Waals surface area contributed by atoms with Crippen LogP contribution in [0.15, 0.2) is 83.7 Å². The van der Waals surface area contributed by atoms with Crippen molar-refractivity contribution < 1.29 is 9.13 Å². The van der Waals surface area contributed by atoms with E-state index in [9.17, 15) is 9.18 Å². The largest absolute Gasteiger partial charge is 0.494 e. The number of rotatable bonds is 12. The highest BCUT2D eigenvalue weighted by atomic mass is 19.1. The van der Waals surface area contributed by atoms with E-state index in [2.05, 4.69) is 44.5 Å². The Morgan fingerprint density at radius 2 is 1.77 bits per heavy atom. The van der Waals surface area contributed by atoms with Crippen molar-refractivity contribution in [1.29, 1.82) is 0 Å². The van der Waals surface area contributed by atoms with Crippen LogP contribution in [0.25, 0.3) is 10.9 Å². The molecular formula is C31H33FN6O2. The first kappa shape index (κ1) is 27.2. The monoisotopic (exact) mass is 540 g/mol. The van der Waals surface area contributed by atoms with Gasteiger partial charge in [-0.1, -0.05) is 49.4 Å². The van der Waals surface area contributed by atoms with Crippen molar-refractivity contribution in [2.24, 2.45) is 0 Å². The van der Waals surface area contributed by atoms with Crippen molar-refractivity contribution in [2.75, 3.05) is 6.61 Å². The molecule has 1 N–H and O–H groups in total. The molecule has 0 bridgehead atoms. The minimum Gasteiger partial charge on any atom is -0.494 e. The number of aromatic amines is 1. The van der Waals surface area contributed by atoms with Gasteiger partial charge < -0.3 is 9.72 Å². The van der Waals surface area contributed by atoms with Crippen LogP contribution in [0.4, 0.5) is 4.39 Å². The minimum absolute atomic E-state index is 0.153. The van der Waals surface area contributed by atoms with Gasteiger partial charge in [-0.25, -0.2) is 9.07 Å². The Bertz CT molecular complexity index is 1600. The van der Waals surface area contributed by atoms with E-state index < -0.39 is 0 Å². The van der Waals surface area contributed by atoms with E-state index in [4.69, 9.17) is 4.74 Å². The van der Waals surface area contributed by atoms with E-state index in [1.165, 1.54) is 17.7 Å². The van der Waals surface area contributed by atoms with Gasteiger partial charge in [0.15, 0.2) is 5.82 Å². The van der Waals surface area contributed by atoms with E-state index in [-0.39, 0.29) is 17.4 Å². The zero-order valence-corrected chi connectivity index (χ0v) is 22.8. The number of halogens is 1. The summed E-state index contributed by atoms with van der Waals surface area (Å²) < 4.78 is 21.2. The summed E-state index contributed by atoms with van der Waals surface area (Å²) in [6, 6.07) is 24.0. The maximum absolute atomic E-state index is 13.7. The molecule has 2 heterocycles. The van der Waals surface area contributed by atoms with Crippen molar-refractivity contribution in [3.05, 3.63) is 118 Å². The normalized spacial score (nSPS) is 12.2. The van der Waals surface area contributed by atoms with Crippen LogP contribution >= 0.6 is 0 Å². The van der Waals surface area contributed by atoms with Crippen molar-refractivity contribution in [1.82, 2.24) is 30.1 Å². The molecule has 0 amide bonds. The van der Waals surface area contributed by atoms with Crippen molar-refractivity contribution >= 4 is 10.9 Å². The first-order valence-electron chi connectivity index (χ1n) is 13.6. The third-order valence-electron chi connectivity index (χ3n) is 7.02. The fourth-order valence-electron chi connectivity index (χ4n) is 5.02. The highest BCUT2D eigenvalue weighted by molar-refractivity contribution is 5.80.